The first-order chi connectivity index (χ1) is 13.1. The number of aromatic nitrogens is 3. The number of pyridine rings is 1. The van der Waals surface area contributed by atoms with Crippen molar-refractivity contribution in [3.63, 3.8) is 0 Å². The third-order valence-electron chi connectivity index (χ3n) is 4.55. The molecule has 0 saturated heterocycles. The average Bonchev–Trinajstić information content (AvgIpc) is 3.23. The Bertz CT molecular complexity index is 1150. The highest BCUT2D eigenvalue weighted by molar-refractivity contribution is 6.03. The molecule has 0 radical (unpaired) electrons. The molecule has 0 unspecified atom stereocenters. The minimum atomic E-state index is -1.10. The van der Waals surface area contributed by atoms with Crippen LogP contribution in [0.4, 0.5) is 0 Å². The van der Waals surface area contributed by atoms with Crippen LogP contribution in [0.15, 0.2) is 59.3 Å². The first kappa shape index (κ1) is 16.7. The van der Waals surface area contributed by atoms with Gasteiger partial charge in [0.1, 0.15) is 5.52 Å². The molecule has 0 aliphatic carbocycles. The molecule has 0 bridgehead atoms. The Morgan fingerprint density at radius 1 is 1.22 bits per heavy atom. The first-order valence-electron chi connectivity index (χ1n) is 8.49. The summed E-state index contributed by atoms with van der Waals surface area (Å²) in [6.45, 7) is 3.77. The molecular formula is C21H16N4O2. The van der Waals surface area contributed by atoms with E-state index in [-0.39, 0.29) is 11.7 Å². The lowest BCUT2D eigenvalue weighted by Crippen LogP contribution is -2.13. The Kier molecular flexibility index (Phi) is 4.05. The predicted octanol–water partition coefficient (Wildman–Crippen LogP) is 4.12. The number of hydrogen-bond donors (Lipinski definition) is 0. The van der Waals surface area contributed by atoms with E-state index >= 15 is 0 Å². The molecule has 0 aliphatic rings. The maximum absolute atomic E-state index is 13.1. The molecule has 0 amide bonds. The molecule has 4 rings (SSSR count). The lowest BCUT2D eigenvalue weighted by atomic mass is 9.99. The average molecular weight is 356 g/mol. The quantitative estimate of drug-likeness (QED) is 0.514. The van der Waals surface area contributed by atoms with E-state index in [9.17, 15) is 10.1 Å². The van der Waals surface area contributed by atoms with Crippen molar-refractivity contribution in [2.45, 2.75) is 19.8 Å². The van der Waals surface area contributed by atoms with Crippen molar-refractivity contribution in [3.05, 3.63) is 77.7 Å². The van der Waals surface area contributed by atoms with Crippen molar-refractivity contribution >= 4 is 16.9 Å². The number of carbonyl (C=O) groups excluding carboxylic acids is 1. The number of nitrogens with zero attached hydrogens (tertiary/aromatic N) is 4. The highest BCUT2D eigenvalue weighted by Crippen LogP contribution is 2.28. The first-order valence-corrected chi connectivity index (χ1v) is 8.49. The molecule has 27 heavy (non-hydrogen) atoms. The van der Waals surface area contributed by atoms with Crippen LogP contribution in [-0.2, 0) is 0 Å². The third-order valence-corrected chi connectivity index (χ3v) is 4.55. The SMILES string of the molecule is Cc1cc(C(=O)[C@H](C#N)c2nc3ccccc3o2)c(C)n1-c1cccnc1. The van der Waals surface area contributed by atoms with Gasteiger partial charge in [0, 0.05) is 23.1 Å². The van der Waals surface area contributed by atoms with Crippen molar-refractivity contribution < 1.29 is 9.21 Å². The van der Waals surface area contributed by atoms with Crippen molar-refractivity contribution in [3.8, 4) is 11.8 Å². The summed E-state index contributed by atoms with van der Waals surface area (Å²) in [6, 6.07) is 14.8. The van der Waals surface area contributed by atoms with Crippen LogP contribution in [0, 0.1) is 25.2 Å². The van der Waals surface area contributed by atoms with Crippen molar-refractivity contribution in [2.75, 3.05) is 0 Å². The molecule has 132 valence electrons. The summed E-state index contributed by atoms with van der Waals surface area (Å²) < 4.78 is 7.60. The minimum absolute atomic E-state index is 0.120. The van der Waals surface area contributed by atoms with Gasteiger partial charge < -0.3 is 8.98 Å². The molecule has 3 aromatic heterocycles. The monoisotopic (exact) mass is 356 g/mol. The number of Topliss-reactive ketones (excluding diaryl/α,β-unsaturated/α-hetero) is 1. The third kappa shape index (κ3) is 2.79. The molecular weight excluding hydrogens is 340 g/mol. The molecule has 0 N–H and O–H groups in total. The summed E-state index contributed by atoms with van der Waals surface area (Å²) in [5, 5.41) is 9.63. The molecule has 6 nitrogen and oxygen atoms in total. The standard InChI is InChI=1S/C21H16N4O2/c1-13-10-16(14(2)25(13)15-6-5-9-23-12-15)20(26)17(11-22)21-24-18-7-3-4-8-19(18)27-21/h3-10,12,17H,1-2H3/t17-/m0/s1. The Morgan fingerprint density at radius 3 is 2.74 bits per heavy atom. The van der Waals surface area contributed by atoms with E-state index in [4.69, 9.17) is 4.42 Å². The summed E-state index contributed by atoms with van der Waals surface area (Å²) in [6.07, 6.45) is 3.43. The lowest BCUT2D eigenvalue weighted by molar-refractivity contribution is 0.0969. The van der Waals surface area contributed by atoms with Gasteiger partial charge in [-0.2, -0.15) is 5.26 Å². The normalized spacial score (nSPS) is 12.0. The van der Waals surface area contributed by atoms with Gasteiger partial charge in [-0.1, -0.05) is 12.1 Å². The highest BCUT2D eigenvalue weighted by Gasteiger charge is 2.30. The number of aryl methyl sites for hydroxylation is 1. The summed E-state index contributed by atoms with van der Waals surface area (Å²) in [5.41, 5.74) is 4.16. The number of benzene rings is 1. The summed E-state index contributed by atoms with van der Waals surface area (Å²) in [7, 11) is 0. The number of para-hydroxylation sites is 2. The van der Waals surface area contributed by atoms with Gasteiger partial charge in [0.15, 0.2) is 17.3 Å². The zero-order valence-corrected chi connectivity index (χ0v) is 14.9. The van der Waals surface area contributed by atoms with Crippen LogP contribution < -0.4 is 0 Å². The molecule has 0 fully saturated rings. The van der Waals surface area contributed by atoms with E-state index in [0.717, 1.165) is 17.1 Å². The van der Waals surface area contributed by atoms with Crippen molar-refractivity contribution in [1.82, 2.24) is 14.5 Å². The van der Waals surface area contributed by atoms with E-state index < -0.39 is 5.92 Å². The molecule has 0 saturated carbocycles. The predicted molar refractivity (Wildman–Crippen MR) is 99.7 cm³/mol. The fourth-order valence-corrected chi connectivity index (χ4v) is 3.29. The van der Waals surface area contributed by atoms with Crippen LogP contribution >= 0.6 is 0 Å². The maximum atomic E-state index is 13.1. The Labute approximate surface area is 155 Å². The Balaban J connectivity index is 1.76. The molecule has 0 aliphatic heterocycles. The summed E-state index contributed by atoms with van der Waals surface area (Å²) in [4.78, 5) is 21.6. The molecule has 0 spiro atoms. The zero-order valence-electron chi connectivity index (χ0n) is 14.9. The van der Waals surface area contributed by atoms with Gasteiger partial charge >= 0.3 is 0 Å². The molecule has 4 aromatic rings. The number of ketones is 1. The van der Waals surface area contributed by atoms with E-state index in [1.165, 1.54) is 0 Å². The van der Waals surface area contributed by atoms with Crippen LogP contribution in [-0.4, -0.2) is 20.3 Å². The topological polar surface area (TPSA) is 84.7 Å². The van der Waals surface area contributed by atoms with Crippen LogP contribution in [0.3, 0.4) is 0 Å². The minimum Gasteiger partial charge on any atom is -0.439 e. The van der Waals surface area contributed by atoms with Gasteiger partial charge in [-0.15, -0.1) is 0 Å². The van der Waals surface area contributed by atoms with Gasteiger partial charge in [-0.3, -0.25) is 9.78 Å². The van der Waals surface area contributed by atoms with Gasteiger partial charge in [0.2, 0.25) is 5.89 Å². The van der Waals surface area contributed by atoms with Gasteiger partial charge in [0.05, 0.1) is 18.0 Å². The van der Waals surface area contributed by atoms with Crippen molar-refractivity contribution in [1.29, 1.82) is 5.26 Å². The maximum Gasteiger partial charge on any atom is 0.220 e. The number of nitriles is 1. The zero-order chi connectivity index (χ0) is 19.0. The number of rotatable bonds is 4. The highest BCUT2D eigenvalue weighted by atomic mass is 16.3. The van der Waals surface area contributed by atoms with E-state index in [0.29, 0.717) is 16.7 Å². The second kappa shape index (κ2) is 6.54. The van der Waals surface area contributed by atoms with Crippen molar-refractivity contribution in [2.24, 2.45) is 0 Å². The van der Waals surface area contributed by atoms with Gasteiger partial charge in [-0.25, -0.2) is 4.98 Å². The molecule has 1 atom stereocenters. The number of oxazole rings is 1. The fourth-order valence-electron chi connectivity index (χ4n) is 3.29. The van der Waals surface area contributed by atoms with Crippen LogP contribution in [0.2, 0.25) is 0 Å². The number of fused-ring (bicyclic) bond motifs is 1. The Hall–Kier alpha value is -3.72. The number of hydrogen-bond acceptors (Lipinski definition) is 5. The van der Waals surface area contributed by atoms with E-state index in [1.54, 1.807) is 30.6 Å². The lowest BCUT2D eigenvalue weighted by Gasteiger charge is -2.09. The largest absolute Gasteiger partial charge is 0.439 e. The van der Waals surface area contributed by atoms with Gasteiger partial charge in [0.25, 0.3) is 0 Å². The second-order valence-corrected chi connectivity index (χ2v) is 6.28. The van der Waals surface area contributed by atoms with E-state index in [1.807, 2.05) is 48.7 Å². The van der Waals surface area contributed by atoms with Crippen LogP contribution in [0.5, 0.6) is 0 Å². The van der Waals surface area contributed by atoms with E-state index in [2.05, 4.69) is 9.97 Å². The molecule has 6 heteroatoms. The Morgan fingerprint density at radius 2 is 2.04 bits per heavy atom. The summed E-state index contributed by atoms with van der Waals surface area (Å²) in [5.74, 6) is -1.30. The number of carbonyl (C=O) groups is 1. The summed E-state index contributed by atoms with van der Waals surface area (Å²) >= 11 is 0. The molecule has 3 heterocycles. The molecule has 1 aromatic carbocycles. The van der Waals surface area contributed by atoms with Crippen LogP contribution in [0.25, 0.3) is 16.8 Å². The smallest absolute Gasteiger partial charge is 0.220 e. The van der Waals surface area contributed by atoms with Crippen LogP contribution in [0.1, 0.15) is 33.6 Å². The van der Waals surface area contributed by atoms with Gasteiger partial charge in [-0.05, 0) is 44.2 Å². The second-order valence-electron chi connectivity index (χ2n) is 6.28. The fraction of sp³-hybridized carbons (Fsp3) is 0.143.